The Morgan fingerprint density at radius 1 is 1.07 bits per heavy atom. The third-order valence-electron chi connectivity index (χ3n) is 7.25. The van der Waals surface area contributed by atoms with Gasteiger partial charge in [-0.05, 0) is 76.8 Å². The molecule has 9 heteroatoms. The van der Waals surface area contributed by atoms with Crippen LogP contribution in [0.2, 0.25) is 5.02 Å². The van der Waals surface area contributed by atoms with Gasteiger partial charge in [0, 0.05) is 33.0 Å². The predicted octanol–water partition coefficient (Wildman–Crippen LogP) is 7.87. The van der Waals surface area contributed by atoms with Crippen molar-refractivity contribution in [2.75, 3.05) is 6.61 Å². The lowest BCUT2D eigenvalue weighted by Crippen LogP contribution is -2.14. The van der Waals surface area contributed by atoms with Crippen LogP contribution in [-0.4, -0.2) is 43.0 Å². The van der Waals surface area contributed by atoms with E-state index in [-0.39, 0.29) is 12.2 Å². The molecule has 0 atom stereocenters. The number of ether oxygens (including phenoxy) is 1. The van der Waals surface area contributed by atoms with Crippen LogP contribution in [0.1, 0.15) is 49.6 Å². The van der Waals surface area contributed by atoms with Gasteiger partial charge in [-0.3, -0.25) is 4.79 Å². The maximum atomic E-state index is 15.4. The van der Waals surface area contributed by atoms with Crippen LogP contribution in [0.25, 0.3) is 39.3 Å². The van der Waals surface area contributed by atoms with Gasteiger partial charge in [0.1, 0.15) is 5.69 Å². The summed E-state index contributed by atoms with van der Waals surface area (Å²) in [7, 11) is 0. The monoisotopic (exact) mass is 615 g/mol. The minimum atomic E-state index is -1.01. The third-order valence-corrected chi connectivity index (χ3v) is 7.48. The SMILES string of the molecule is CC(C)(C)O.Cc1nc2c(-c3cccc(Cl)c3)c(-c3ccccc3)nn2c(-c2cc(F)c3c(c2C)CCCO3)c1CC(=O)O. The minimum Gasteiger partial charge on any atom is -0.490 e. The molecule has 0 saturated carbocycles. The molecule has 228 valence electrons. The standard InChI is InChI=1S/C31H25ClFN3O3.C4H10O/c1-17-22-12-7-13-39-30(22)25(33)15-23(17)29-24(16-26(37)38)18(2)34-31-27(20-10-6-11-21(32)14-20)28(35-36(29)31)19-8-4-3-5-9-19;1-4(2,3)5/h3-6,8-11,14-15H,7,12-13,16H2,1-2H3,(H,37,38);5H,1-3H3. The molecular formula is C35H35ClFN3O4. The van der Waals surface area contributed by atoms with E-state index >= 15 is 4.39 Å². The van der Waals surface area contributed by atoms with Gasteiger partial charge in [0.05, 0.1) is 29.9 Å². The van der Waals surface area contributed by atoms with Crippen LogP contribution in [0.15, 0.2) is 60.7 Å². The van der Waals surface area contributed by atoms with Crippen LogP contribution in [0.4, 0.5) is 4.39 Å². The van der Waals surface area contributed by atoms with Crippen molar-refractivity contribution in [2.24, 2.45) is 0 Å². The number of nitrogens with zero attached hydrogens (tertiary/aromatic N) is 3. The van der Waals surface area contributed by atoms with Crippen LogP contribution in [0.3, 0.4) is 0 Å². The number of aliphatic carboxylic acids is 1. The number of benzene rings is 3. The average Bonchev–Trinajstić information content (AvgIpc) is 3.34. The minimum absolute atomic E-state index is 0.273. The Morgan fingerprint density at radius 3 is 2.41 bits per heavy atom. The molecule has 0 fully saturated rings. The average molecular weight is 616 g/mol. The number of carboxylic acid groups (broad SMARTS) is 1. The van der Waals surface area contributed by atoms with E-state index in [0.717, 1.165) is 34.2 Å². The topological polar surface area (TPSA) is 97.0 Å². The van der Waals surface area contributed by atoms with E-state index in [1.807, 2.05) is 55.5 Å². The maximum absolute atomic E-state index is 15.4. The van der Waals surface area contributed by atoms with Gasteiger partial charge < -0.3 is 14.9 Å². The van der Waals surface area contributed by atoms with E-state index in [1.54, 1.807) is 38.3 Å². The lowest BCUT2D eigenvalue weighted by molar-refractivity contribution is -0.136. The van der Waals surface area contributed by atoms with Crippen molar-refractivity contribution in [3.8, 4) is 39.4 Å². The molecule has 2 aromatic heterocycles. The van der Waals surface area contributed by atoms with Crippen molar-refractivity contribution >= 4 is 23.2 Å². The summed E-state index contributed by atoms with van der Waals surface area (Å²) in [5, 5.41) is 23.9. The summed E-state index contributed by atoms with van der Waals surface area (Å²) in [5.41, 5.74) is 6.88. The van der Waals surface area contributed by atoms with Gasteiger partial charge >= 0.3 is 5.97 Å². The Labute approximate surface area is 260 Å². The van der Waals surface area contributed by atoms with E-state index in [2.05, 4.69) is 0 Å². The molecular weight excluding hydrogens is 581 g/mol. The molecule has 0 amide bonds. The summed E-state index contributed by atoms with van der Waals surface area (Å²) >= 11 is 6.39. The molecule has 3 aromatic carbocycles. The molecule has 0 unspecified atom stereocenters. The van der Waals surface area contributed by atoms with Gasteiger partial charge in [-0.2, -0.15) is 5.10 Å². The zero-order chi connectivity index (χ0) is 31.8. The number of halogens is 2. The molecule has 2 N–H and O–H groups in total. The zero-order valence-corrected chi connectivity index (χ0v) is 26.2. The smallest absolute Gasteiger partial charge is 0.307 e. The fourth-order valence-corrected chi connectivity index (χ4v) is 5.64. The number of carbonyl (C=O) groups is 1. The summed E-state index contributed by atoms with van der Waals surface area (Å²) in [5.74, 6) is -1.21. The van der Waals surface area contributed by atoms with Gasteiger partial charge in [-0.25, -0.2) is 13.9 Å². The van der Waals surface area contributed by atoms with Gasteiger partial charge in [-0.15, -0.1) is 0 Å². The van der Waals surface area contributed by atoms with E-state index in [0.29, 0.717) is 51.9 Å². The molecule has 0 bridgehead atoms. The summed E-state index contributed by atoms with van der Waals surface area (Å²) in [6.45, 7) is 9.40. The highest BCUT2D eigenvalue weighted by Gasteiger charge is 2.28. The van der Waals surface area contributed by atoms with Crippen molar-refractivity contribution in [1.82, 2.24) is 14.6 Å². The predicted molar refractivity (Wildman–Crippen MR) is 171 cm³/mol. The van der Waals surface area contributed by atoms with Crippen LogP contribution in [-0.2, 0) is 17.6 Å². The highest BCUT2D eigenvalue weighted by Crippen LogP contribution is 2.42. The third kappa shape index (κ3) is 6.47. The van der Waals surface area contributed by atoms with Crippen LogP contribution in [0, 0.1) is 19.7 Å². The first-order valence-corrected chi connectivity index (χ1v) is 14.8. The van der Waals surface area contributed by atoms with Crippen molar-refractivity contribution < 1.29 is 24.1 Å². The second kappa shape index (κ2) is 12.4. The van der Waals surface area contributed by atoms with Crippen LogP contribution < -0.4 is 4.74 Å². The first kappa shape index (κ1) is 31.2. The van der Waals surface area contributed by atoms with Crippen molar-refractivity contribution in [2.45, 2.75) is 59.5 Å². The molecule has 0 saturated heterocycles. The van der Waals surface area contributed by atoms with Crippen molar-refractivity contribution in [3.63, 3.8) is 0 Å². The number of aliphatic hydroxyl groups is 1. The fraction of sp³-hybridized carbons (Fsp3) is 0.286. The fourth-order valence-electron chi connectivity index (χ4n) is 5.45. The van der Waals surface area contributed by atoms with Gasteiger partial charge in [0.2, 0.25) is 0 Å². The Morgan fingerprint density at radius 2 is 1.75 bits per heavy atom. The van der Waals surface area contributed by atoms with Gasteiger partial charge in [-0.1, -0.05) is 54.1 Å². The molecule has 6 rings (SSSR count). The molecule has 0 radical (unpaired) electrons. The molecule has 5 aromatic rings. The Hall–Kier alpha value is -4.27. The number of fused-ring (bicyclic) bond motifs is 2. The number of hydrogen-bond donors (Lipinski definition) is 2. The molecule has 3 heterocycles. The van der Waals surface area contributed by atoms with Gasteiger partial charge in [0.25, 0.3) is 0 Å². The number of hydrogen-bond acceptors (Lipinski definition) is 5. The highest BCUT2D eigenvalue weighted by molar-refractivity contribution is 6.31. The van der Waals surface area contributed by atoms with E-state index in [9.17, 15) is 9.90 Å². The molecule has 1 aliphatic rings. The largest absolute Gasteiger partial charge is 0.490 e. The molecule has 7 nitrogen and oxygen atoms in total. The lowest BCUT2D eigenvalue weighted by atomic mass is 9.91. The Kier molecular flexibility index (Phi) is 8.77. The number of carboxylic acids is 1. The van der Waals surface area contributed by atoms with Gasteiger partial charge in [0.15, 0.2) is 17.2 Å². The number of aryl methyl sites for hydroxylation is 1. The molecule has 1 aliphatic heterocycles. The normalized spacial score (nSPS) is 12.7. The number of rotatable bonds is 5. The van der Waals surface area contributed by atoms with E-state index in [1.165, 1.54) is 6.07 Å². The van der Waals surface area contributed by atoms with Crippen LogP contribution in [0.5, 0.6) is 5.75 Å². The van der Waals surface area contributed by atoms with Crippen LogP contribution >= 0.6 is 11.6 Å². The summed E-state index contributed by atoms with van der Waals surface area (Å²) in [4.78, 5) is 16.9. The molecule has 0 aliphatic carbocycles. The Balaban J connectivity index is 0.000000712. The second-order valence-electron chi connectivity index (χ2n) is 11.9. The van der Waals surface area contributed by atoms with E-state index < -0.39 is 17.4 Å². The summed E-state index contributed by atoms with van der Waals surface area (Å²) in [6, 6.07) is 18.6. The molecule has 44 heavy (non-hydrogen) atoms. The maximum Gasteiger partial charge on any atom is 0.307 e. The first-order valence-electron chi connectivity index (χ1n) is 14.5. The zero-order valence-electron chi connectivity index (χ0n) is 25.4. The second-order valence-corrected chi connectivity index (χ2v) is 12.3. The highest BCUT2D eigenvalue weighted by atomic mass is 35.5. The van der Waals surface area contributed by atoms with Crippen molar-refractivity contribution in [1.29, 1.82) is 0 Å². The number of aromatic nitrogens is 3. The molecule has 0 spiro atoms. The summed E-state index contributed by atoms with van der Waals surface area (Å²) < 4.78 is 22.8. The van der Waals surface area contributed by atoms with Crippen molar-refractivity contribution in [3.05, 3.63) is 93.9 Å². The quantitative estimate of drug-likeness (QED) is 0.209. The Bertz CT molecular complexity index is 1860. The first-order chi connectivity index (χ1) is 20.8. The lowest BCUT2D eigenvalue weighted by Gasteiger charge is -2.23. The summed E-state index contributed by atoms with van der Waals surface area (Å²) in [6.07, 6.45) is 1.17. The van der Waals surface area contributed by atoms with E-state index in [4.69, 9.17) is 31.5 Å².